The van der Waals surface area contributed by atoms with E-state index in [4.69, 9.17) is 4.74 Å². The molecule has 1 aliphatic rings. The highest BCUT2D eigenvalue weighted by Crippen LogP contribution is 2.19. The number of hydrogen-bond donors (Lipinski definition) is 0. The molecule has 0 aromatic carbocycles. The summed E-state index contributed by atoms with van der Waals surface area (Å²) in [6.45, 7) is 13.6. The molecule has 1 atom stereocenters. The molecule has 0 saturated carbocycles. The van der Waals surface area contributed by atoms with Crippen molar-refractivity contribution in [3.63, 3.8) is 0 Å². The van der Waals surface area contributed by atoms with Gasteiger partial charge < -0.3 is 4.74 Å². The topological polar surface area (TPSA) is 32.8 Å². The molecule has 1 fully saturated rings. The van der Waals surface area contributed by atoms with Crippen molar-refractivity contribution >= 4 is 6.09 Å². The maximum Gasteiger partial charge on any atom is 0.411 e. The molecule has 0 N–H and O–H groups in total. The minimum absolute atomic E-state index is 0.205. The van der Waals surface area contributed by atoms with Gasteiger partial charge in [0.1, 0.15) is 5.60 Å². The van der Waals surface area contributed by atoms with Crippen molar-refractivity contribution in [3.8, 4) is 0 Å². The highest BCUT2D eigenvalue weighted by atomic mass is 16.6. The van der Waals surface area contributed by atoms with E-state index >= 15 is 0 Å². The molecule has 0 aromatic heterocycles. The van der Waals surface area contributed by atoms with Gasteiger partial charge in [0.2, 0.25) is 0 Å². The maximum atomic E-state index is 11.9. The van der Waals surface area contributed by atoms with E-state index in [1.165, 1.54) is 0 Å². The summed E-state index contributed by atoms with van der Waals surface area (Å²) in [5, 5.41) is 0. The lowest BCUT2D eigenvalue weighted by Gasteiger charge is -2.26. The summed E-state index contributed by atoms with van der Waals surface area (Å²) in [7, 11) is 0. The van der Waals surface area contributed by atoms with Crippen molar-refractivity contribution in [2.75, 3.05) is 13.2 Å². The molecule has 0 bridgehead atoms. The highest BCUT2D eigenvalue weighted by molar-refractivity contribution is 5.68. The lowest BCUT2D eigenvalue weighted by Crippen LogP contribution is -2.40. The van der Waals surface area contributed by atoms with Gasteiger partial charge in [0, 0.05) is 18.6 Å². The highest BCUT2D eigenvalue weighted by Gasteiger charge is 2.34. The van der Waals surface area contributed by atoms with Gasteiger partial charge in [-0.1, -0.05) is 0 Å². The molecule has 1 rings (SSSR count). The van der Waals surface area contributed by atoms with Crippen LogP contribution in [0.1, 0.15) is 41.5 Å². The molecule has 0 spiro atoms. The van der Waals surface area contributed by atoms with Gasteiger partial charge in [0.05, 0.1) is 6.67 Å². The summed E-state index contributed by atoms with van der Waals surface area (Å²) in [6, 6.07) is 0.701. The average molecular weight is 228 g/mol. The predicted octanol–water partition coefficient (Wildman–Crippen LogP) is 2.29. The van der Waals surface area contributed by atoms with Crippen molar-refractivity contribution < 1.29 is 9.53 Å². The van der Waals surface area contributed by atoms with Gasteiger partial charge in [0.25, 0.3) is 0 Å². The van der Waals surface area contributed by atoms with Crippen LogP contribution in [-0.2, 0) is 4.74 Å². The van der Waals surface area contributed by atoms with Crippen molar-refractivity contribution in [3.05, 3.63) is 0 Å². The zero-order chi connectivity index (χ0) is 12.5. The molecule has 4 heteroatoms. The van der Waals surface area contributed by atoms with Crippen LogP contribution in [0.15, 0.2) is 0 Å². The SMILES string of the molecule is CC(C)N1CC(C)N(C(=O)OC(C)(C)C)C1. The van der Waals surface area contributed by atoms with Crippen LogP contribution in [0.5, 0.6) is 0 Å². The molecule has 94 valence electrons. The van der Waals surface area contributed by atoms with Gasteiger partial charge in [-0.3, -0.25) is 9.80 Å². The predicted molar refractivity (Wildman–Crippen MR) is 64.2 cm³/mol. The fourth-order valence-electron chi connectivity index (χ4n) is 1.76. The Morgan fingerprint density at radius 2 is 1.94 bits per heavy atom. The maximum absolute atomic E-state index is 11.9. The normalized spacial score (nSPS) is 22.9. The van der Waals surface area contributed by atoms with Crippen LogP contribution in [-0.4, -0.2) is 46.8 Å². The van der Waals surface area contributed by atoms with Crippen LogP contribution < -0.4 is 0 Å². The molecule has 1 aliphatic heterocycles. The molecule has 16 heavy (non-hydrogen) atoms. The average Bonchev–Trinajstić information content (AvgIpc) is 2.44. The van der Waals surface area contributed by atoms with Crippen LogP contribution in [0, 0.1) is 0 Å². The van der Waals surface area contributed by atoms with E-state index < -0.39 is 5.60 Å². The second-order valence-electron chi connectivity index (χ2n) is 5.81. The molecule has 1 amide bonds. The van der Waals surface area contributed by atoms with Gasteiger partial charge in [-0.25, -0.2) is 4.79 Å². The van der Waals surface area contributed by atoms with E-state index in [0.717, 1.165) is 6.54 Å². The number of ether oxygens (including phenoxy) is 1. The molecule has 0 radical (unpaired) electrons. The monoisotopic (exact) mass is 228 g/mol. The number of rotatable bonds is 1. The zero-order valence-corrected chi connectivity index (χ0v) is 11.3. The first-order valence-electron chi connectivity index (χ1n) is 5.94. The molecule has 1 heterocycles. The second-order valence-corrected chi connectivity index (χ2v) is 5.81. The lowest BCUT2D eigenvalue weighted by molar-refractivity contribution is 0.0210. The summed E-state index contributed by atoms with van der Waals surface area (Å²) >= 11 is 0. The van der Waals surface area contributed by atoms with Gasteiger partial charge >= 0.3 is 6.09 Å². The van der Waals surface area contributed by atoms with E-state index in [9.17, 15) is 4.79 Å². The van der Waals surface area contributed by atoms with Gasteiger partial charge in [-0.15, -0.1) is 0 Å². The van der Waals surface area contributed by atoms with Crippen molar-refractivity contribution in [1.82, 2.24) is 9.80 Å². The lowest BCUT2D eigenvalue weighted by atomic mass is 10.2. The van der Waals surface area contributed by atoms with Gasteiger partial charge in [0.15, 0.2) is 0 Å². The quantitative estimate of drug-likeness (QED) is 0.690. The van der Waals surface area contributed by atoms with E-state index in [-0.39, 0.29) is 12.1 Å². The van der Waals surface area contributed by atoms with Crippen molar-refractivity contribution in [1.29, 1.82) is 0 Å². The van der Waals surface area contributed by atoms with E-state index in [0.29, 0.717) is 12.7 Å². The minimum atomic E-state index is -0.415. The largest absolute Gasteiger partial charge is 0.444 e. The van der Waals surface area contributed by atoms with Crippen molar-refractivity contribution in [2.45, 2.75) is 59.2 Å². The summed E-state index contributed by atoms with van der Waals surface area (Å²) < 4.78 is 5.38. The van der Waals surface area contributed by atoms with Crippen LogP contribution in [0.3, 0.4) is 0 Å². The number of nitrogens with zero attached hydrogens (tertiary/aromatic N) is 2. The molecular formula is C12H24N2O2. The third kappa shape index (κ3) is 3.37. The van der Waals surface area contributed by atoms with Gasteiger partial charge in [-0.05, 0) is 41.5 Å². The summed E-state index contributed by atoms with van der Waals surface area (Å²) in [4.78, 5) is 16.0. The fraction of sp³-hybridized carbons (Fsp3) is 0.917. The minimum Gasteiger partial charge on any atom is -0.444 e. The smallest absolute Gasteiger partial charge is 0.411 e. The molecule has 1 unspecified atom stereocenters. The fourth-order valence-corrected chi connectivity index (χ4v) is 1.76. The standard InChI is InChI=1S/C12H24N2O2/c1-9(2)13-7-10(3)14(8-13)11(15)16-12(4,5)6/h9-10H,7-8H2,1-6H3. The van der Waals surface area contributed by atoms with E-state index in [1.807, 2.05) is 20.8 Å². The van der Waals surface area contributed by atoms with Gasteiger partial charge in [-0.2, -0.15) is 0 Å². The molecule has 1 saturated heterocycles. The molecular weight excluding hydrogens is 204 g/mol. The third-order valence-corrected chi connectivity index (χ3v) is 2.72. The first-order chi connectivity index (χ1) is 7.20. The molecule has 0 aliphatic carbocycles. The van der Waals surface area contributed by atoms with Crippen LogP contribution in [0.25, 0.3) is 0 Å². The Morgan fingerprint density at radius 1 is 1.38 bits per heavy atom. The van der Waals surface area contributed by atoms with Crippen LogP contribution >= 0.6 is 0 Å². The van der Waals surface area contributed by atoms with Crippen molar-refractivity contribution in [2.24, 2.45) is 0 Å². The Kier molecular flexibility index (Phi) is 3.84. The van der Waals surface area contributed by atoms with E-state index in [1.54, 1.807) is 4.90 Å². The van der Waals surface area contributed by atoms with Crippen LogP contribution in [0.2, 0.25) is 0 Å². The number of carbonyl (C=O) groups is 1. The first-order valence-corrected chi connectivity index (χ1v) is 5.94. The third-order valence-electron chi connectivity index (χ3n) is 2.72. The van der Waals surface area contributed by atoms with E-state index in [2.05, 4.69) is 25.7 Å². The molecule has 4 nitrogen and oxygen atoms in total. The summed E-state index contributed by atoms with van der Waals surface area (Å²) in [5.41, 5.74) is -0.415. The summed E-state index contributed by atoms with van der Waals surface area (Å²) in [5.74, 6) is 0. The summed E-state index contributed by atoms with van der Waals surface area (Å²) in [6.07, 6.45) is -0.205. The Morgan fingerprint density at radius 3 is 2.31 bits per heavy atom. The molecule has 0 aromatic rings. The Labute approximate surface area is 98.5 Å². The first kappa shape index (κ1) is 13.3. The number of carbonyl (C=O) groups excluding carboxylic acids is 1. The van der Waals surface area contributed by atoms with Crippen LogP contribution in [0.4, 0.5) is 4.79 Å². The zero-order valence-electron chi connectivity index (χ0n) is 11.3. The Balaban J connectivity index is 2.58. The Hall–Kier alpha value is -0.770. The number of amides is 1. The Bertz CT molecular complexity index is 258. The number of hydrogen-bond acceptors (Lipinski definition) is 3. The second kappa shape index (κ2) is 4.62.